The second-order valence-corrected chi connectivity index (χ2v) is 5.55. The van der Waals surface area contributed by atoms with E-state index < -0.39 is 17.8 Å². The highest BCUT2D eigenvalue weighted by Gasteiger charge is 2.21. The molecule has 0 aliphatic carbocycles. The third-order valence-electron chi connectivity index (χ3n) is 3.48. The molecule has 1 atom stereocenters. The topological polar surface area (TPSA) is 79.3 Å². The van der Waals surface area contributed by atoms with Gasteiger partial charge < -0.3 is 15.5 Å². The van der Waals surface area contributed by atoms with Crippen LogP contribution in [0.2, 0.25) is 0 Å². The lowest BCUT2D eigenvalue weighted by Gasteiger charge is -2.16. The molecule has 7 nitrogen and oxygen atoms in total. The minimum Gasteiger partial charge on any atom is -0.345 e. The number of carbonyl (C=O) groups excluding carboxylic acids is 2. The lowest BCUT2D eigenvalue weighted by atomic mass is 10.1. The zero-order chi connectivity index (χ0) is 17.9. The molecule has 2 rings (SSSR count). The van der Waals surface area contributed by atoms with Gasteiger partial charge in [-0.3, -0.25) is 14.3 Å². The molecule has 0 saturated carbocycles. The summed E-state index contributed by atoms with van der Waals surface area (Å²) in [6.45, 7) is 0. The lowest BCUT2D eigenvalue weighted by molar-refractivity contribution is -0.118. The summed E-state index contributed by atoms with van der Waals surface area (Å²) >= 11 is 0. The number of nitrogens with one attached hydrogen (secondary N) is 2. The first-order valence-electron chi connectivity index (χ1n) is 7.31. The molecule has 1 aromatic carbocycles. The Morgan fingerprint density at radius 2 is 2.04 bits per heavy atom. The zero-order valence-electron chi connectivity index (χ0n) is 14.0. The van der Waals surface area contributed by atoms with Crippen molar-refractivity contribution in [2.24, 2.45) is 7.05 Å². The number of anilines is 1. The van der Waals surface area contributed by atoms with E-state index in [-0.39, 0.29) is 11.5 Å². The van der Waals surface area contributed by atoms with Crippen molar-refractivity contribution < 1.29 is 14.0 Å². The van der Waals surface area contributed by atoms with Crippen molar-refractivity contribution in [1.82, 2.24) is 20.0 Å². The van der Waals surface area contributed by atoms with Crippen LogP contribution >= 0.6 is 0 Å². The summed E-state index contributed by atoms with van der Waals surface area (Å²) < 4.78 is 15.4. The van der Waals surface area contributed by atoms with Crippen LogP contribution in [0.4, 0.5) is 10.1 Å². The van der Waals surface area contributed by atoms with E-state index in [0.717, 1.165) is 6.07 Å². The van der Waals surface area contributed by atoms with Crippen LogP contribution < -0.4 is 10.6 Å². The summed E-state index contributed by atoms with van der Waals surface area (Å²) in [5, 5.41) is 9.63. The van der Waals surface area contributed by atoms with E-state index in [1.165, 1.54) is 31.1 Å². The maximum absolute atomic E-state index is 13.8. The van der Waals surface area contributed by atoms with Gasteiger partial charge in [0.2, 0.25) is 5.91 Å². The maximum atomic E-state index is 13.8. The molecule has 2 aromatic rings. The van der Waals surface area contributed by atoms with E-state index in [9.17, 15) is 14.0 Å². The van der Waals surface area contributed by atoms with Crippen LogP contribution in [0.5, 0.6) is 0 Å². The molecule has 1 unspecified atom stereocenters. The Bertz CT molecular complexity index is 757. The number of aryl methyl sites for hydroxylation is 1. The van der Waals surface area contributed by atoms with Gasteiger partial charge in [-0.25, -0.2) is 4.39 Å². The Labute approximate surface area is 139 Å². The number of amides is 2. The predicted molar refractivity (Wildman–Crippen MR) is 88.1 cm³/mol. The third-order valence-corrected chi connectivity index (χ3v) is 3.48. The third kappa shape index (κ3) is 3.77. The number of likely N-dealkylation sites (N-methyl/N-ethyl adjacent to an activating group) is 1. The average Bonchev–Trinajstić information content (AvgIpc) is 2.95. The SMILES string of the molecule is CNC(C(=O)Nc1ccc(F)c(C(=O)N(C)C)c1)c1cnn(C)c1. The Balaban J connectivity index is 2.22. The molecule has 128 valence electrons. The molecule has 1 aromatic heterocycles. The van der Waals surface area contributed by atoms with Crippen molar-refractivity contribution in [3.63, 3.8) is 0 Å². The molecule has 0 aliphatic rings. The first kappa shape index (κ1) is 17.6. The molecule has 0 fully saturated rings. The second kappa shape index (κ2) is 7.22. The van der Waals surface area contributed by atoms with Gasteiger partial charge in [-0.15, -0.1) is 0 Å². The Kier molecular flexibility index (Phi) is 5.30. The van der Waals surface area contributed by atoms with Crippen LogP contribution in [0.15, 0.2) is 30.6 Å². The monoisotopic (exact) mass is 333 g/mol. The number of aromatic nitrogens is 2. The summed E-state index contributed by atoms with van der Waals surface area (Å²) in [7, 11) is 6.48. The van der Waals surface area contributed by atoms with Crippen LogP contribution in [-0.4, -0.2) is 47.6 Å². The summed E-state index contributed by atoms with van der Waals surface area (Å²) in [4.78, 5) is 25.7. The standard InChI is InChI=1S/C16H20FN5O2/c1-18-14(10-8-19-22(4)9-10)15(23)20-11-5-6-13(17)12(7-11)16(24)21(2)3/h5-9,14,18H,1-4H3,(H,20,23). The van der Waals surface area contributed by atoms with E-state index in [0.29, 0.717) is 11.3 Å². The maximum Gasteiger partial charge on any atom is 0.256 e. The van der Waals surface area contributed by atoms with E-state index in [4.69, 9.17) is 0 Å². The summed E-state index contributed by atoms with van der Waals surface area (Å²) in [5.74, 6) is -1.44. The van der Waals surface area contributed by atoms with Crippen molar-refractivity contribution in [2.75, 3.05) is 26.5 Å². The molecular formula is C16H20FN5O2. The van der Waals surface area contributed by atoms with Gasteiger partial charge in [0.1, 0.15) is 11.9 Å². The van der Waals surface area contributed by atoms with Gasteiger partial charge in [0.05, 0.1) is 11.8 Å². The van der Waals surface area contributed by atoms with Crippen LogP contribution in [0.3, 0.4) is 0 Å². The van der Waals surface area contributed by atoms with Crippen molar-refractivity contribution in [2.45, 2.75) is 6.04 Å². The van der Waals surface area contributed by atoms with Crippen molar-refractivity contribution >= 4 is 17.5 Å². The quantitative estimate of drug-likeness (QED) is 0.861. The van der Waals surface area contributed by atoms with E-state index in [1.54, 1.807) is 31.2 Å². The van der Waals surface area contributed by atoms with Crippen LogP contribution in [0.25, 0.3) is 0 Å². The highest BCUT2D eigenvalue weighted by atomic mass is 19.1. The van der Waals surface area contributed by atoms with Gasteiger partial charge in [0.25, 0.3) is 5.91 Å². The number of nitrogens with zero attached hydrogens (tertiary/aromatic N) is 3. The fourth-order valence-corrected chi connectivity index (χ4v) is 2.26. The number of halogens is 1. The lowest BCUT2D eigenvalue weighted by Crippen LogP contribution is -2.30. The van der Waals surface area contributed by atoms with E-state index >= 15 is 0 Å². The molecule has 1 heterocycles. The molecule has 2 amide bonds. The number of carbonyl (C=O) groups is 2. The Hall–Kier alpha value is -2.74. The van der Waals surface area contributed by atoms with E-state index in [1.807, 2.05) is 0 Å². The first-order valence-corrected chi connectivity index (χ1v) is 7.31. The van der Waals surface area contributed by atoms with Crippen LogP contribution in [0, 0.1) is 5.82 Å². The van der Waals surface area contributed by atoms with E-state index in [2.05, 4.69) is 15.7 Å². The Morgan fingerprint density at radius 1 is 1.33 bits per heavy atom. The summed E-state index contributed by atoms with van der Waals surface area (Å²) in [6, 6.07) is 3.28. The molecule has 0 aliphatic heterocycles. The molecule has 8 heteroatoms. The summed E-state index contributed by atoms with van der Waals surface area (Å²) in [5.41, 5.74) is 0.945. The number of hydrogen-bond donors (Lipinski definition) is 2. The first-order chi connectivity index (χ1) is 11.3. The van der Waals surface area contributed by atoms with Crippen LogP contribution in [0.1, 0.15) is 22.0 Å². The van der Waals surface area contributed by atoms with Gasteiger partial charge in [0, 0.05) is 38.6 Å². The zero-order valence-corrected chi connectivity index (χ0v) is 14.0. The molecular weight excluding hydrogens is 313 g/mol. The molecule has 0 saturated heterocycles. The average molecular weight is 333 g/mol. The number of benzene rings is 1. The number of hydrogen-bond acceptors (Lipinski definition) is 4. The normalized spacial score (nSPS) is 11.9. The molecule has 0 bridgehead atoms. The van der Waals surface area contributed by atoms with Gasteiger partial charge in [-0.2, -0.15) is 5.10 Å². The predicted octanol–water partition coefficient (Wildman–Crippen LogP) is 1.16. The minimum absolute atomic E-state index is 0.0971. The molecule has 24 heavy (non-hydrogen) atoms. The van der Waals surface area contributed by atoms with Crippen molar-refractivity contribution in [1.29, 1.82) is 0 Å². The largest absolute Gasteiger partial charge is 0.345 e. The van der Waals surface area contributed by atoms with Gasteiger partial charge in [-0.05, 0) is 25.2 Å². The highest BCUT2D eigenvalue weighted by Crippen LogP contribution is 2.19. The molecule has 0 radical (unpaired) electrons. The Morgan fingerprint density at radius 3 is 2.58 bits per heavy atom. The van der Waals surface area contributed by atoms with Gasteiger partial charge in [0.15, 0.2) is 0 Å². The minimum atomic E-state index is -0.635. The smallest absolute Gasteiger partial charge is 0.256 e. The molecule has 0 spiro atoms. The van der Waals surface area contributed by atoms with Crippen LogP contribution in [-0.2, 0) is 11.8 Å². The van der Waals surface area contributed by atoms with Crippen molar-refractivity contribution in [3.8, 4) is 0 Å². The fourth-order valence-electron chi connectivity index (χ4n) is 2.26. The number of rotatable bonds is 5. The molecule has 2 N–H and O–H groups in total. The van der Waals surface area contributed by atoms with Gasteiger partial charge in [-0.1, -0.05) is 0 Å². The van der Waals surface area contributed by atoms with Gasteiger partial charge >= 0.3 is 0 Å². The highest BCUT2D eigenvalue weighted by molar-refractivity contribution is 5.98. The van der Waals surface area contributed by atoms with Crippen molar-refractivity contribution in [3.05, 3.63) is 47.5 Å². The fraction of sp³-hybridized carbons (Fsp3) is 0.312. The summed E-state index contributed by atoms with van der Waals surface area (Å²) in [6.07, 6.45) is 3.32. The second-order valence-electron chi connectivity index (χ2n) is 5.55.